The third kappa shape index (κ3) is 5.31. The lowest BCUT2D eigenvalue weighted by Crippen LogP contribution is -2.38. The van der Waals surface area contributed by atoms with Crippen LogP contribution in [-0.4, -0.2) is 24.2 Å². The molecule has 126 valence electrons. The zero-order valence-corrected chi connectivity index (χ0v) is 14.0. The molecule has 0 heterocycles. The third-order valence-electron chi connectivity index (χ3n) is 4.39. The van der Waals surface area contributed by atoms with E-state index in [1.807, 2.05) is 0 Å². The van der Waals surface area contributed by atoms with E-state index in [-0.39, 0.29) is 17.7 Å². The zero-order chi connectivity index (χ0) is 16.7. The molecule has 1 aromatic carbocycles. The van der Waals surface area contributed by atoms with E-state index < -0.39 is 0 Å². The monoisotopic (exact) mass is 317 g/mol. The molecular weight excluding hydrogens is 290 g/mol. The van der Waals surface area contributed by atoms with Crippen LogP contribution < -0.4 is 10.1 Å². The molecule has 0 aromatic heterocycles. The van der Waals surface area contributed by atoms with Crippen LogP contribution in [0.1, 0.15) is 44.6 Å². The van der Waals surface area contributed by atoms with E-state index in [4.69, 9.17) is 4.74 Å². The van der Waals surface area contributed by atoms with Gasteiger partial charge < -0.3 is 15.2 Å². The number of benzene rings is 1. The Balaban J connectivity index is 1.80. The number of phenols is 1. The molecule has 4 nitrogen and oxygen atoms in total. The van der Waals surface area contributed by atoms with Gasteiger partial charge in [-0.3, -0.25) is 4.79 Å². The first-order valence-corrected chi connectivity index (χ1v) is 8.44. The first-order chi connectivity index (χ1) is 11.1. The molecule has 1 aliphatic rings. The fourth-order valence-electron chi connectivity index (χ4n) is 3.08. The van der Waals surface area contributed by atoms with Gasteiger partial charge in [0.2, 0.25) is 5.91 Å². The van der Waals surface area contributed by atoms with Crippen LogP contribution >= 0.6 is 0 Å². The van der Waals surface area contributed by atoms with Crippen molar-refractivity contribution in [2.75, 3.05) is 7.11 Å². The molecule has 23 heavy (non-hydrogen) atoms. The molecule has 0 bridgehead atoms. The summed E-state index contributed by atoms with van der Waals surface area (Å²) in [6.07, 6.45) is 10.3. The number of carbonyl (C=O) groups is 1. The molecule has 0 spiro atoms. The van der Waals surface area contributed by atoms with E-state index in [2.05, 4.69) is 24.4 Å². The highest BCUT2D eigenvalue weighted by Gasteiger charge is 2.21. The van der Waals surface area contributed by atoms with Gasteiger partial charge in [-0.25, -0.2) is 0 Å². The lowest BCUT2D eigenvalue weighted by Gasteiger charge is -2.27. The standard InChI is InChI=1S/C19H27NO3/c1-3-4-5-14-6-9-16(10-7-14)20-19(22)13-15-8-11-17(21)18(12-15)23-2/h4-5,8,11-12,14,16,21H,3,6-7,9-10,13H2,1-2H3,(H,20,22)/b5-4+/t14-,16-. The number of amides is 1. The molecule has 1 aliphatic carbocycles. The van der Waals surface area contributed by atoms with Crippen molar-refractivity contribution in [2.45, 2.75) is 51.5 Å². The normalized spacial score (nSPS) is 21.3. The highest BCUT2D eigenvalue weighted by Crippen LogP contribution is 2.27. The Labute approximate surface area is 138 Å². The van der Waals surface area contributed by atoms with Crippen LogP contribution in [0.4, 0.5) is 0 Å². The number of ether oxygens (including phenoxy) is 1. The van der Waals surface area contributed by atoms with Gasteiger partial charge in [-0.15, -0.1) is 0 Å². The van der Waals surface area contributed by atoms with Crippen LogP contribution in [0, 0.1) is 5.92 Å². The van der Waals surface area contributed by atoms with Crippen LogP contribution in [0.2, 0.25) is 0 Å². The number of aromatic hydroxyl groups is 1. The lowest BCUT2D eigenvalue weighted by molar-refractivity contribution is -0.121. The van der Waals surface area contributed by atoms with Gasteiger partial charge in [-0.2, -0.15) is 0 Å². The first kappa shape index (κ1) is 17.4. The molecule has 0 atom stereocenters. The summed E-state index contributed by atoms with van der Waals surface area (Å²) < 4.78 is 5.07. The number of phenolic OH excluding ortho intramolecular Hbond substituents is 1. The summed E-state index contributed by atoms with van der Waals surface area (Å²) in [5.74, 6) is 1.20. The predicted octanol–water partition coefficient (Wildman–Crippen LogP) is 3.58. The Morgan fingerprint density at radius 2 is 2.09 bits per heavy atom. The Bertz CT molecular complexity index is 546. The number of hydrogen-bond donors (Lipinski definition) is 2. The van der Waals surface area contributed by atoms with Gasteiger partial charge in [0.1, 0.15) is 0 Å². The van der Waals surface area contributed by atoms with E-state index in [0.29, 0.717) is 18.1 Å². The van der Waals surface area contributed by atoms with Crippen LogP contribution in [0.5, 0.6) is 11.5 Å². The number of allylic oxidation sites excluding steroid dienone is 2. The minimum atomic E-state index is 0.0327. The summed E-state index contributed by atoms with van der Waals surface area (Å²) in [5, 5.41) is 12.7. The summed E-state index contributed by atoms with van der Waals surface area (Å²) in [7, 11) is 1.50. The number of nitrogens with one attached hydrogen (secondary N) is 1. The van der Waals surface area contributed by atoms with Crippen LogP contribution in [0.15, 0.2) is 30.4 Å². The van der Waals surface area contributed by atoms with Crippen molar-refractivity contribution in [3.63, 3.8) is 0 Å². The minimum Gasteiger partial charge on any atom is -0.504 e. The van der Waals surface area contributed by atoms with Crippen molar-refractivity contribution in [3.05, 3.63) is 35.9 Å². The molecule has 2 rings (SSSR count). The second-order valence-corrected chi connectivity index (χ2v) is 6.20. The van der Waals surface area contributed by atoms with Crippen molar-refractivity contribution >= 4 is 5.91 Å². The SMILES string of the molecule is CC/C=C/[C@H]1CC[C@H](NC(=O)Cc2ccc(O)c(OC)c2)CC1. The molecule has 1 amide bonds. The molecular formula is C19H27NO3. The Kier molecular flexibility index (Phi) is 6.51. The van der Waals surface area contributed by atoms with Crippen molar-refractivity contribution in [2.24, 2.45) is 5.92 Å². The fourth-order valence-corrected chi connectivity index (χ4v) is 3.08. The van der Waals surface area contributed by atoms with Gasteiger partial charge in [-0.1, -0.05) is 25.1 Å². The number of carbonyl (C=O) groups excluding carboxylic acids is 1. The molecule has 2 N–H and O–H groups in total. The number of methoxy groups -OCH3 is 1. The summed E-state index contributed by atoms with van der Waals surface area (Å²) in [6.45, 7) is 2.15. The van der Waals surface area contributed by atoms with Crippen LogP contribution in [-0.2, 0) is 11.2 Å². The molecule has 4 heteroatoms. The van der Waals surface area contributed by atoms with E-state index >= 15 is 0 Å². The Morgan fingerprint density at radius 3 is 2.74 bits per heavy atom. The maximum absolute atomic E-state index is 12.2. The topological polar surface area (TPSA) is 58.6 Å². The second kappa shape index (κ2) is 8.61. The van der Waals surface area contributed by atoms with Gasteiger partial charge in [0, 0.05) is 6.04 Å². The maximum atomic E-state index is 12.2. The largest absolute Gasteiger partial charge is 0.504 e. The van der Waals surface area contributed by atoms with Crippen LogP contribution in [0.3, 0.4) is 0 Å². The smallest absolute Gasteiger partial charge is 0.224 e. The molecule has 1 saturated carbocycles. The maximum Gasteiger partial charge on any atom is 0.224 e. The van der Waals surface area contributed by atoms with E-state index in [0.717, 1.165) is 37.7 Å². The predicted molar refractivity (Wildman–Crippen MR) is 91.7 cm³/mol. The minimum absolute atomic E-state index is 0.0327. The highest BCUT2D eigenvalue weighted by molar-refractivity contribution is 5.79. The van der Waals surface area contributed by atoms with Gasteiger partial charge in [0.15, 0.2) is 11.5 Å². The highest BCUT2D eigenvalue weighted by atomic mass is 16.5. The van der Waals surface area contributed by atoms with Crippen molar-refractivity contribution in [1.29, 1.82) is 0 Å². The van der Waals surface area contributed by atoms with Gasteiger partial charge in [0.05, 0.1) is 13.5 Å². The van der Waals surface area contributed by atoms with Gasteiger partial charge in [-0.05, 0) is 55.7 Å². The Hall–Kier alpha value is -1.97. The van der Waals surface area contributed by atoms with Gasteiger partial charge >= 0.3 is 0 Å². The molecule has 0 saturated heterocycles. The van der Waals surface area contributed by atoms with Gasteiger partial charge in [0.25, 0.3) is 0 Å². The summed E-state index contributed by atoms with van der Waals surface area (Å²) in [4.78, 5) is 12.2. The van der Waals surface area contributed by atoms with E-state index in [1.54, 1.807) is 18.2 Å². The number of rotatable bonds is 6. The lowest BCUT2D eigenvalue weighted by atomic mass is 9.85. The molecule has 0 radical (unpaired) electrons. The van der Waals surface area contributed by atoms with Crippen molar-refractivity contribution in [3.8, 4) is 11.5 Å². The molecule has 0 aliphatic heterocycles. The summed E-state index contributed by atoms with van der Waals surface area (Å²) in [6, 6.07) is 5.31. The average Bonchev–Trinajstić information content (AvgIpc) is 2.56. The van der Waals surface area contributed by atoms with E-state index in [9.17, 15) is 9.90 Å². The van der Waals surface area contributed by atoms with Crippen LogP contribution in [0.25, 0.3) is 0 Å². The van der Waals surface area contributed by atoms with Crippen molar-refractivity contribution in [1.82, 2.24) is 5.32 Å². The third-order valence-corrected chi connectivity index (χ3v) is 4.39. The average molecular weight is 317 g/mol. The zero-order valence-electron chi connectivity index (χ0n) is 14.0. The summed E-state index contributed by atoms with van der Waals surface area (Å²) in [5.41, 5.74) is 0.844. The first-order valence-electron chi connectivity index (χ1n) is 8.44. The molecule has 1 aromatic rings. The van der Waals surface area contributed by atoms with E-state index in [1.165, 1.54) is 7.11 Å². The van der Waals surface area contributed by atoms with Crippen molar-refractivity contribution < 1.29 is 14.6 Å². The molecule has 1 fully saturated rings. The Morgan fingerprint density at radius 1 is 1.35 bits per heavy atom. The molecule has 0 unspecified atom stereocenters. The number of hydrogen-bond acceptors (Lipinski definition) is 3. The second-order valence-electron chi connectivity index (χ2n) is 6.20. The summed E-state index contributed by atoms with van der Waals surface area (Å²) >= 11 is 0. The quantitative estimate of drug-likeness (QED) is 0.788. The fraction of sp³-hybridized carbons (Fsp3) is 0.526.